The second-order valence-corrected chi connectivity index (χ2v) is 10.6. The summed E-state index contributed by atoms with van der Waals surface area (Å²) in [5, 5.41) is 8.74. The van der Waals surface area contributed by atoms with Gasteiger partial charge in [0.05, 0.1) is 10.0 Å². The molecule has 0 aromatic heterocycles. The Labute approximate surface area is 251 Å². The van der Waals surface area contributed by atoms with Gasteiger partial charge in [0.1, 0.15) is 11.7 Å². The van der Waals surface area contributed by atoms with E-state index in [1.165, 1.54) is 17.7 Å². The number of nitrogens with zero attached hydrogens (tertiary/aromatic N) is 2. The molecule has 13 heteroatoms. The van der Waals surface area contributed by atoms with E-state index in [0.29, 0.717) is 30.8 Å². The summed E-state index contributed by atoms with van der Waals surface area (Å²) < 4.78 is 13.7. The molecule has 41 heavy (non-hydrogen) atoms. The van der Waals surface area contributed by atoms with Crippen LogP contribution in [0.1, 0.15) is 49.7 Å². The third-order valence-electron chi connectivity index (χ3n) is 6.82. The zero-order chi connectivity index (χ0) is 30.0. The molecule has 226 valence electrons. The molecule has 2 unspecified atom stereocenters. The van der Waals surface area contributed by atoms with E-state index in [2.05, 4.69) is 56.4 Å². The second-order valence-electron chi connectivity index (χ2n) is 9.77. The zero-order valence-corrected chi connectivity index (χ0v) is 24.6. The first kappa shape index (κ1) is 34.2. The summed E-state index contributed by atoms with van der Waals surface area (Å²) in [5.74, 6) is 9.75. The van der Waals surface area contributed by atoms with E-state index in [0.717, 1.165) is 51.7 Å². The maximum absolute atomic E-state index is 13.7. The molecule has 9 N–H and O–H groups in total. The van der Waals surface area contributed by atoms with Crippen LogP contribution in [0, 0.1) is 5.82 Å². The fourth-order valence-corrected chi connectivity index (χ4v) is 4.85. The lowest BCUT2D eigenvalue weighted by Gasteiger charge is -2.28. The number of rotatable bonds is 14. The molecule has 10 nitrogen and oxygen atoms in total. The van der Waals surface area contributed by atoms with Gasteiger partial charge in [-0.3, -0.25) is 14.5 Å². The van der Waals surface area contributed by atoms with Crippen LogP contribution in [0.15, 0.2) is 47.6 Å². The van der Waals surface area contributed by atoms with Crippen molar-refractivity contribution in [3.63, 3.8) is 0 Å². The number of aryl methyl sites for hydroxylation is 1. The van der Waals surface area contributed by atoms with Gasteiger partial charge in [-0.25, -0.2) is 10.2 Å². The van der Waals surface area contributed by atoms with Crippen LogP contribution in [0.25, 0.3) is 0 Å². The van der Waals surface area contributed by atoms with Crippen LogP contribution in [0.5, 0.6) is 0 Å². The van der Waals surface area contributed by atoms with Crippen molar-refractivity contribution in [2.75, 3.05) is 19.6 Å². The standard InChI is InChI=1S/C16H25N3O.C12H16Cl2FN5O/c17-15-9-11-19(12-15)16(8-10-18-13-20)7-6-14-4-2-1-3-5-14;13-8-5-4-7(12(15)11(8)14)6-18-10(21)3-1-2-9(19-16)20-17/h1-5,13,15-16H,6-12,17H2,(H,18,20);4-5H,1-3,6,16-17H2,(H,18,21)(H,19,20). The van der Waals surface area contributed by atoms with Crippen LogP contribution >= 0.6 is 23.2 Å². The molecule has 2 amide bonds. The largest absolute Gasteiger partial charge is 0.359 e. The number of halogens is 3. The molecule has 1 aliphatic rings. The average molecular weight is 612 g/mol. The second kappa shape index (κ2) is 19.2. The van der Waals surface area contributed by atoms with Crippen molar-refractivity contribution in [3.8, 4) is 0 Å². The summed E-state index contributed by atoms with van der Waals surface area (Å²) in [7, 11) is 0. The Bertz CT molecular complexity index is 1110. The van der Waals surface area contributed by atoms with Gasteiger partial charge in [-0.2, -0.15) is 5.10 Å². The van der Waals surface area contributed by atoms with E-state index in [9.17, 15) is 14.0 Å². The number of nitrogens with two attached hydrogens (primary N) is 3. The van der Waals surface area contributed by atoms with Gasteiger partial charge in [-0.1, -0.05) is 59.6 Å². The SMILES string of the molecule is N/N=C(/CCCC(=O)NCc1ccc(Cl)c(Cl)c1F)NN.NC1CCN(C(CCNC=O)CCc2ccccc2)C1. The smallest absolute Gasteiger partial charge is 0.220 e. The number of carbonyl (C=O) groups excluding carboxylic acids is 2. The van der Waals surface area contributed by atoms with Gasteiger partial charge in [0.25, 0.3) is 0 Å². The van der Waals surface area contributed by atoms with Gasteiger partial charge in [0.15, 0.2) is 0 Å². The van der Waals surface area contributed by atoms with Crippen molar-refractivity contribution in [3.05, 3.63) is 69.5 Å². The van der Waals surface area contributed by atoms with Gasteiger partial charge in [-0.15, -0.1) is 0 Å². The predicted molar refractivity (Wildman–Crippen MR) is 162 cm³/mol. The molecule has 0 saturated carbocycles. The van der Waals surface area contributed by atoms with Crippen LogP contribution < -0.4 is 33.5 Å². The minimum atomic E-state index is -0.630. The number of likely N-dealkylation sites (tertiary alicyclic amines) is 1. The summed E-state index contributed by atoms with van der Waals surface area (Å²) in [4.78, 5) is 24.5. The number of hydrogen-bond acceptors (Lipinski definition) is 7. The third kappa shape index (κ3) is 12.6. The van der Waals surface area contributed by atoms with E-state index < -0.39 is 5.82 Å². The zero-order valence-electron chi connectivity index (χ0n) is 23.1. The number of nitrogens with one attached hydrogen (secondary N) is 3. The van der Waals surface area contributed by atoms with Crippen molar-refractivity contribution in [1.82, 2.24) is 21.0 Å². The highest BCUT2D eigenvalue weighted by Gasteiger charge is 2.25. The lowest BCUT2D eigenvalue weighted by molar-refractivity contribution is -0.121. The number of hydrazine groups is 1. The highest BCUT2D eigenvalue weighted by atomic mass is 35.5. The highest BCUT2D eigenvalue weighted by Crippen LogP contribution is 2.27. The summed E-state index contributed by atoms with van der Waals surface area (Å²) in [6, 6.07) is 14.4. The molecule has 0 aliphatic carbocycles. The Morgan fingerprint density at radius 3 is 2.56 bits per heavy atom. The van der Waals surface area contributed by atoms with Crippen molar-refractivity contribution in [1.29, 1.82) is 0 Å². The number of amides is 2. The number of amidine groups is 1. The van der Waals surface area contributed by atoms with Crippen LogP contribution in [-0.4, -0.2) is 54.8 Å². The Hall–Kier alpha value is -2.96. The molecule has 1 aliphatic heterocycles. The first-order chi connectivity index (χ1) is 19.8. The molecule has 1 heterocycles. The number of benzene rings is 2. The summed E-state index contributed by atoms with van der Waals surface area (Å²) in [6.45, 7) is 2.85. The van der Waals surface area contributed by atoms with Crippen molar-refractivity contribution >= 4 is 41.4 Å². The quantitative estimate of drug-likeness (QED) is 0.0364. The van der Waals surface area contributed by atoms with Crippen LogP contribution in [0.2, 0.25) is 10.0 Å². The van der Waals surface area contributed by atoms with Crippen molar-refractivity contribution in [2.45, 2.75) is 63.6 Å². The highest BCUT2D eigenvalue weighted by molar-refractivity contribution is 6.42. The van der Waals surface area contributed by atoms with Gasteiger partial charge >= 0.3 is 0 Å². The Morgan fingerprint density at radius 2 is 1.93 bits per heavy atom. The van der Waals surface area contributed by atoms with E-state index in [-0.39, 0.29) is 34.5 Å². The number of hydrazone groups is 1. The summed E-state index contributed by atoms with van der Waals surface area (Å²) in [6.07, 6.45) is 6.27. The minimum Gasteiger partial charge on any atom is -0.359 e. The predicted octanol–water partition coefficient (Wildman–Crippen LogP) is 2.81. The molecular weight excluding hydrogens is 570 g/mol. The van der Waals surface area contributed by atoms with Crippen LogP contribution in [0.4, 0.5) is 4.39 Å². The normalized spacial score (nSPS) is 15.9. The van der Waals surface area contributed by atoms with Gasteiger partial charge in [0.2, 0.25) is 12.3 Å². The van der Waals surface area contributed by atoms with E-state index in [1.807, 2.05) is 0 Å². The molecule has 2 aromatic carbocycles. The molecule has 2 atom stereocenters. The summed E-state index contributed by atoms with van der Waals surface area (Å²) >= 11 is 11.4. The maximum Gasteiger partial charge on any atom is 0.220 e. The first-order valence-electron chi connectivity index (χ1n) is 13.6. The fourth-order valence-electron chi connectivity index (χ4n) is 4.52. The molecule has 1 fully saturated rings. The number of carbonyl (C=O) groups is 2. The lowest BCUT2D eigenvalue weighted by Crippen LogP contribution is -2.37. The monoisotopic (exact) mass is 610 g/mol. The topological polar surface area (TPSA) is 164 Å². The minimum absolute atomic E-state index is 0.0362. The molecule has 2 aromatic rings. The van der Waals surface area contributed by atoms with Crippen molar-refractivity contribution < 1.29 is 14.0 Å². The molecule has 0 radical (unpaired) electrons. The van der Waals surface area contributed by atoms with Gasteiger partial charge in [0, 0.05) is 56.7 Å². The average Bonchev–Trinajstić information content (AvgIpc) is 3.42. The van der Waals surface area contributed by atoms with Gasteiger partial charge < -0.3 is 27.6 Å². The molecule has 3 rings (SSSR count). The fraction of sp³-hybridized carbons (Fsp3) is 0.464. The van der Waals surface area contributed by atoms with Gasteiger partial charge in [-0.05, 0) is 43.7 Å². The first-order valence-corrected chi connectivity index (χ1v) is 14.4. The molecular formula is C28H41Cl2FN8O2. The Kier molecular flexibility index (Phi) is 16.0. The third-order valence-corrected chi connectivity index (χ3v) is 7.60. The Morgan fingerprint density at radius 1 is 1.17 bits per heavy atom. The lowest BCUT2D eigenvalue weighted by atomic mass is 10.0. The number of hydrogen-bond donors (Lipinski definition) is 6. The Balaban J connectivity index is 0.000000287. The van der Waals surface area contributed by atoms with Crippen molar-refractivity contribution in [2.24, 2.45) is 22.5 Å². The van der Waals surface area contributed by atoms with E-state index >= 15 is 0 Å². The molecule has 0 spiro atoms. The molecule has 0 bridgehead atoms. The summed E-state index contributed by atoms with van der Waals surface area (Å²) in [5.41, 5.74) is 9.98. The van der Waals surface area contributed by atoms with Crippen LogP contribution in [0.3, 0.4) is 0 Å². The maximum atomic E-state index is 13.7. The van der Waals surface area contributed by atoms with Crippen LogP contribution in [-0.2, 0) is 22.6 Å². The molecule has 1 saturated heterocycles. The van der Waals surface area contributed by atoms with E-state index in [1.54, 1.807) is 0 Å². The van der Waals surface area contributed by atoms with E-state index in [4.69, 9.17) is 40.6 Å².